The van der Waals surface area contributed by atoms with Crippen LogP contribution >= 0.6 is 11.6 Å². The van der Waals surface area contributed by atoms with E-state index in [0.29, 0.717) is 22.1 Å². The lowest BCUT2D eigenvalue weighted by molar-refractivity contribution is 0.104. The van der Waals surface area contributed by atoms with E-state index in [1.54, 1.807) is 50.8 Å². The van der Waals surface area contributed by atoms with E-state index in [1.165, 1.54) is 0 Å². The van der Waals surface area contributed by atoms with Gasteiger partial charge in [0.25, 0.3) is 0 Å². The smallest absolute Gasteiger partial charge is 0.185 e. The van der Waals surface area contributed by atoms with E-state index >= 15 is 0 Å². The molecule has 0 radical (unpaired) electrons. The number of aromatic nitrogens is 1. The summed E-state index contributed by atoms with van der Waals surface area (Å²) >= 11 is 6.06. The van der Waals surface area contributed by atoms with E-state index in [9.17, 15) is 4.79 Å². The summed E-state index contributed by atoms with van der Waals surface area (Å²) in [7, 11) is 3.16. The molecular formula is C26H21ClN2O3. The second-order valence-electron chi connectivity index (χ2n) is 7.03. The maximum atomic E-state index is 12.6. The molecule has 3 aromatic carbocycles. The van der Waals surface area contributed by atoms with Crippen LogP contribution in [0.25, 0.3) is 17.0 Å². The Bertz CT molecular complexity index is 1300. The zero-order valence-electron chi connectivity index (χ0n) is 17.6. The quantitative estimate of drug-likeness (QED) is 0.259. The lowest BCUT2D eigenvalue weighted by Crippen LogP contribution is -1.96. The van der Waals surface area contributed by atoms with Crippen LogP contribution in [0, 0.1) is 0 Å². The Hall–Kier alpha value is -3.83. The van der Waals surface area contributed by atoms with E-state index < -0.39 is 0 Å². The highest BCUT2D eigenvalue weighted by molar-refractivity contribution is 6.31. The number of nitrogens with one attached hydrogen (secondary N) is 1. The van der Waals surface area contributed by atoms with Crippen molar-refractivity contribution in [1.29, 1.82) is 0 Å². The van der Waals surface area contributed by atoms with Crippen molar-refractivity contribution in [3.05, 3.63) is 95.2 Å². The molecule has 0 aliphatic heterocycles. The van der Waals surface area contributed by atoms with Gasteiger partial charge in [-0.15, -0.1) is 0 Å². The first-order valence-corrected chi connectivity index (χ1v) is 10.3. The van der Waals surface area contributed by atoms with Crippen molar-refractivity contribution in [2.75, 3.05) is 19.5 Å². The number of ether oxygens (including phenoxy) is 2. The Kier molecular flexibility index (Phi) is 6.38. The van der Waals surface area contributed by atoms with Crippen molar-refractivity contribution in [3.63, 3.8) is 0 Å². The van der Waals surface area contributed by atoms with Crippen LogP contribution < -0.4 is 14.8 Å². The summed E-state index contributed by atoms with van der Waals surface area (Å²) < 4.78 is 10.5. The van der Waals surface area contributed by atoms with Crippen LogP contribution in [-0.4, -0.2) is 25.0 Å². The molecule has 0 aliphatic carbocycles. The monoisotopic (exact) mass is 444 g/mol. The molecule has 0 spiro atoms. The molecule has 4 rings (SSSR count). The third kappa shape index (κ3) is 4.74. The Morgan fingerprint density at radius 2 is 1.72 bits per heavy atom. The van der Waals surface area contributed by atoms with Crippen LogP contribution in [0.5, 0.6) is 11.5 Å². The molecule has 160 valence electrons. The zero-order valence-corrected chi connectivity index (χ0v) is 18.4. The van der Waals surface area contributed by atoms with E-state index in [2.05, 4.69) is 10.3 Å². The molecule has 0 saturated heterocycles. The minimum absolute atomic E-state index is 0.0877. The molecule has 0 fully saturated rings. The summed E-state index contributed by atoms with van der Waals surface area (Å²) in [4.78, 5) is 16.9. The maximum absolute atomic E-state index is 12.6. The molecule has 1 aromatic heterocycles. The van der Waals surface area contributed by atoms with Crippen molar-refractivity contribution in [2.45, 2.75) is 0 Å². The van der Waals surface area contributed by atoms with Gasteiger partial charge in [0.1, 0.15) is 0 Å². The maximum Gasteiger partial charge on any atom is 0.185 e. The van der Waals surface area contributed by atoms with Crippen molar-refractivity contribution in [3.8, 4) is 11.5 Å². The number of hydrogen-bond acceptors (Lipinski definition) is 5. The van der Waals surface area contributed by atoms with Crippen LogP contribution in [0.3, 0.4) is 0 Å². The number of rotatable bonds is 7. The lowest BCUT2D eigenvalue weighted by Gasteiger charge is -2.10. The van der Waals surface area contributed by atoms with Crippen molar-refractivity contribution < 1.29 is 14.3 Å². The number of methoxy groups -OCH3 is 2. The van der Waals surface area contributed by atoms with Gasteiger partial charge in [0.15, 0.2) is 17.3 Å². The van der Waals surface area contributed by atoms with E-state index in [0.717, 1.165) is 27.8 Å². The highest BCUT2D eigenvalue weighted by atomic mass is 35.5. The summed E-state index contributed by atoms with van der Waals surface area (Å²) in [6, 6.07) is 20.3. The summed E-state index contributed by atoms with van der Waals surface area (Å²) in [6.07, 6.45) is 5.03. The van der Waals surface area contributed by atoms with Crippen LogP contribution in [-0.2, 0) is 0 Å². The lowest BCUT2D eigenvalue weighted by atomic mass is 10.1. The van der Waals surface area contributed by atoms with Crippen LogP contribution in [0.2, 0.25) is 5.02 Å². The molecule has 1 heterocycles. The topological polar surface area (TPSA) is 60.5 Å². The molecule has 1 N–H and O–H groups in total. The molecular weight excluding hydrogens is 424 g/mol. The number of ketones is 1. The number of hydrogen-bond donors (Lipinski definition) is 1. The van der Waals surface area contributed by atoms with E-state index in [4.69, 9.17) is 21.1 Å². The number of pyridine rings is 1. The largest absolute Gasteiger partial charge is 0.493 e. The number of halogens is 1. The standard InChI is InChI=1S/C26H21ClN2O3/c1-31-25-12-4-17(15-26(25)32-2)3-11-24(30)18-5-8-20(9-6-18)29-22-13-14-28-23-16-19(27)7-10-21(22)23/h3-16H,1-2H3,(H,28,29)/b11-3+. The van der Waals surface area contributed by atoms with Gasteiger partial charge in [0.2, 0.25) is 0 Å². The number of benzene rings is 3. The highest BCUT2D eigenvalue weighted by Gasteiger charge is 2.06. The van der Waals surface area contributed by atoms with Gasteiger partial charge in [-0.2, -0.15) is 0 Å². The average Bonchev–Trinajstić information content (AvgIpc) is 2.82. The van der Waals surface area contributed by atoms with Crippen molar-refractivity contribution in [2.24, 2.45) is 0 Å². The first-order valence-electron chi connectivity index (χ1n) is 9.93. The average molecular weight is 445 g/mol. The fourth-order valence-electron chi connectivity index (χ4n) is 3.33. The van der Waals surface area contributed by atoms with Crippen LogP contribution in [0.4, 0.5) is 11.4 Å². The predicted molar refractivity (Wildman–Crippen MR) is 129 cm³/mol. The summed E-state index contributed by atoms with van der Waals surface area (Å²) in [6.45, 7) is 0. The number of carbonyl (C=O) groups is 1. The Morgan fingerprint density at radius 3 is 2.47 bits per heavy atom. The minimum atomic E-state index is -0.0877. The van der Waals surface area contributed by atoms with Crippen molar-refractivity contribution in [1.82, 2.24) is 4.98 Å². The summed E-state index contributed by atoms with van der Waals surface area (Å²) in [5.74, 6) is 1.17. The number of nitrogens with zero attached hydrogens (tertiary/aromatic N) is 1. The van der Waals surface area contributed by atoms with Crippen molar-refractivity contribution >= 4 is 45.7 Å². The third-order valence-corrected chi connectivity index (χ3v) is 5.22. The van der Waals surface area contributed by atoms with Crippen LogP contribution in [0.1, 0.15) is 15.9 Å². The number of anilines is 2. The minimum Gasteiger partial charge on any atom is -0.493 e. The van der Waals surface area contributed by atoms with Gasteiger partial charge < -0.3 is 14.8 Å². The highest BCUT2D eigenvalue weighted by Crippen LogP contribution is 2.29. The fourth-order valence-corrected chi connectivity index (χ4v) is 3.49. The Labute approximate surface area is 191 Å². The van der Waals surface area contributed by atoms with E-state index in [-0.39, 0.29) is 5.78 Å². The van der Waals surface area contributed by atoms with Gasteiger partial charge in [0.05, 0.1) is 19.7 Å². The second-order valence-corrected chi connectivity index (χ2v) is 7.47. The third-order valence-electron chi connectivity index (χ3n) is 4.99. The summed E-state index contributed by atoms with van der Waals surface area (Å²) in [5.41, 5.74) is 4.04. The molecule has 32 heavy (non-hydrogen) atoms. The first kappa shape index (κ1) is 21.4. The predicted octanol–water partition coefficient (Wildman–Crippen LogP) is 6.55. The number of fused-ring (bicyclic) bond motifs is 1. The van der Waals surface area contributed by atoms with Gasteiger partial charge in [-0.05, 0) is 72.3 Å². The molecule has 6 heteroatoms. The molecule has 4 aromatic rings. The first-order chi connectivity index (χ1) is 15.6. The van der Waals surface area contributed by atoms with Gasteiger partial charge >= 0.3 is 0 Å². The number of carbonyl (C=O) groups excluding carboxylic acids is 1. The molecule has 0 amide bonds. The molecule has 0 atom stereocenters. The van der Waals surface area contributed by atoms with Gasteiger partial charge in [-0.3, -0.25) is 9.78 Å². The molecule has 5 nitrogen and oxygen atoms in total. The SMILES string of the molecule is COc1ccc(/C=C/C(=O)c2ccc(Nc3ccnc4cc(Cl)ccc34)cc2)cc1OC. The van der Waals surface area contributed by atoms with Gasteiger partial charge in [-0.25, -0.2) is 0 Å². The number of allylic oxidation sites excluding steroid dienone is 1. The molecule has 0 unspecified atom stereocenters. The molecule has 0 bridgehead atoms. The summed E-state index contributed by atoms with van der Waals surface area (Å²) in [5, 5.41) is 4.99. The second kappa shape index (κ2) is 9.54. The normalized spacial score (nSPS) is 11.0. The molecule has 0 saturated carbocycles. The fraction of sp³-hybridized carbons (Fsp3) is 0.0769. The van der Waals surface area contributed by atoms with E-state index in [1.807, 2.05) is 48.5 Å². The molecule has 0 aliphatic rings. The van der Waals surface area contributed by atoms with Crippen LogP contribution in [0.15, 0.2) is 79.0 Å². The Morgan fingerprint density at radius 1 is 0.938 bits per heavy atom. The van der Waals surface area contributed by atoms with Gasteiger partial charge in [-0.1, -0.05) is 23.7 Å². The Balaban J connectivity index is 1.48. The van der Waals surface area contributed by atoms with Gasteiger partial charge in [0, 0.05) is 33.5 Å². The zero-order chi connectivity index (χ0) is 22.5.